The zero-order chi connectivity index (χ0) is 13.9. The standard InChI is InChI=1S/C15H15N3O2/c1-10-7-17-13(8-16-10)15(19)18-12-6-11-4-2-3-5-14(11)20-9-12/h2-5,7-8,12H,6,9H2,1H3,(H,18,19)/t12-/m0/s1. The fourth-order valence-corrected chi connectivity index (χ4v) is 2.19. The van der Waals surface area contributed by atoms with Crippen LogP contribution in [0.25, 0.3) is 0 Å². The lowest BCUT2D eigenvalue weighted by Crippen LogP contribution is -2.43. The Morgan fingerprint density at radius 3 is 2.95 bits per heavy atom. The van der Waals surface area contributed by atoms with Crippen molar-refractivity contribution in [3.63, 3.8) is 0 Å². The van der Waals surface area contributed by atoms with Gasteiger partial charge in [0.2, 0.25) is 0 Å². The SMILES string of the molecule is Cc1cnc(C(=O)N[C@@H]2COc3ccccc3C2)cn1. The highest BCUT2D eigenvalue weighted by molar-refractivity contribution is 5.92. The third-order valence-electron chi connectivity index (χ3n) is 3.23. The van der Waals surface area contributed by atoms with Crippen LogP contribution in [0.3, 0.4) is 0 Å². The van der Waals surface area contributed by atoms with Crippen molar-refractivity contribution in [3.8, 4) is 5.75 Å². The third kappa shape index (κ3) is 2.61. The predicted molar refractivity (Wildman–Crippen MR) is 73.7 cm³/mol. The molecule has 0 unspecified atom stereocenters. The molecule has 1 aromatic heterocycles. The minimum atomic E-state index is -0.217. The van der Waals surface area contributed by atoms with Crippen molar-refractivity contribution in [2.24, 2.45) is 0 Å². The first kappa shape index (κ1) is 12.6. The molecule has 1 amide bonds. The number of hydrogen-bond donors (Lipinski definition) is 1. The zero-order valence-corrected chi connectivity index (χ0v) is 11.2. The molecule has 1 atom stereocenters. The Bertz CT molecular complexity index is 625. The van der Waals surface area contributed by atoms with Gasteiger partial charge in [-0.3, -0.25) is 9.78 Å². The molecule has 1 aliphatic rings. The van der Waals surface area contributed by atoms with Gasteiger partial charge in [0.1, 0.15) is 18.1 Å². The van der Waals surface area contributed by atoms with Crippen molar-refractivity contribution < 1.29 is 9.53 Å². The summed E-state index contributed by atoms with van der Waals surface area (Å²) in [4.78, 5) is 20.2. The molecule has 0 spiro atoms. The number of hydrogen-bond acceptors (Lipinski definition) is 4. The van der Waals surface area contributed by atoms with Crippen LogP contribution in [0.2, 0.25) is 0 Å². The maximum Gasteiger partial charge on any atom is 0.271 e. The topological polar surface area (TPSA) is 64.1 Å². The van der Waals surface area contributed by atoms with Gasteiger partial charge in [0.05, 0.1) is 17.9 Å². The van der Waals surface area contributed by atoms with Crippen molar-refractivity contribution in [2.75, 3.05) is 6.61 Å². The van der Waals surface area contributed by atoms with E-state index < -0.39 is 0 Å². The van der Waals surface area contributed by atoms with E-state index in [1.165, 1.54) is 6.20 Å². The first-order valence-corrected chi connectivity index (χ1v) is 6.52. The molecule has 1 aliphatic heterocycles. The van der Waals surface area contributed by atoms with Crippen LogP contribution in [0.1, 0.15) is 21.7 Å². The van der Waals surface area contributed by atoms with E-state index in [2.05, 4.69) is 15.3 Å². The number of para-hydroxylation sites is 1. The molecule has 0 saturated carbocycles. The predicted octanol–water partition coefficient (Wildman–Crippen LogP) is 1.52. The average Bonchev–Trinajstić information content (AvgIpc) is 2.48. The molecular formula is C15H15N3O2. The van der Waals surface area contributed by atoms with Crippen LogP contribution in [-0.4, -0.2) is 28.5 Å². The molecule has 3 rings (SSSR count). The molecule has 1 N–H and O–H groups in total. The highest BCUT2D eigenvalue weighted by Gasteiger charge is 2.21. The molecule has 0 fully saturated rings. The van der Waals surface area contributed by atoms with E-state index in [-0.39, 0.29) is 11.9 Å². The number of aromatic nitrogens is 2. The Morgan fingerprint density at radius 1 is 1.30 bits per heavy atom. The smallest absolute Gasteiger partial charge is 0.271 e. The first-order chi connectivity index (χ1) is 9.72. The van der Waals surface area contributed by atoms with Crippen LogP contribution < -0.4 is 10.1 Å². The number of carbonyl (C=O) groups is 1. The summed E-state index contributed by atoms with van der Waals surface area (Å²) in [6.45, 7) is 2.31. The minimum absolute atomic E-state index is 0.0412. The molecule has 0 radical (unpaired) electrons. The van der Waals surface area contributed by atoms with Gasteiger partial charge in [-0.1, -0.05) is 18.2 Å². The number of nitrogens with zero attached hydrogens (tertiary/aromatic N) is 2. The van der Waals surface area contributed by atoms with Gasteiger partial charge in [-0.25, -0.2) is 4.98 Å². The Kier molecular flexibility index (Phi) is 3.33. The van der Waals surface area contributed by atoms with E-state index in [9.17, 15) is 4.79 Å². The maximum absolute atomic E-state index is 12.1. The second-order valence-electron chi connectivity index (χ2n) is 4.84. The molecular weight excluding hydrogens is 254 g/mol. The average molecular weight is 269 g/mol. The number of benzene rings is 1. The van der Waals surface area contributed by atoms with Crippen LogP contribution in [0.15, 0.2) is 36.7 Å². The second-order valence-corrected chi connectivity index (χ2v) is 4.84. The van der Waals surface area contributed by atoms with E-state index in [1.807, 2.05) is 31.2 Å². The number of aryl methyl sites for hydroxylation is 1. The number of amides is 1. The summed E-state index contributed by atoms with van der Waals surface area (Å²) in [5.41, 5.74) is 2.23. The summed E-state index contributed by atoms with van der Waals surface area (Å²) in [5.74, 6) is 0.679. The van der Waals surface area contributed by atoms with Gasteiger partial charge in [-0.2, -0.15) is 0 Å². The summed E-state index contributed by atoms with van der Waals surface area (Å²) in [7, 11) is 0. The Balaban J connectivity index is 1.67. The lowest BCUT2D eigenvalue weighted by atomic mass is 10.0. The number of carbonyl (C=O) groups excluding carboxylic acids is 1. The molecule has 102 valence electrons. The third-order valence-corrected chi connectivity index (χ3v) is 3.23. The molecule has 1 aromatic carbocycles. The summed E-state index contributed by atoms with van der Waals surface area (Å²) in [6.07, 6.45) is 3.84. The number of fused-ring (bicyclic) bond motifs is 1. The normalized spacial score (nSPS) is 16.9. The molecule has 2 heterocycles. The van der Waals surface area contributed by atoms with E-state index in [1.54, 1.807) is 6.20 Å². The van der Waals surface area contributed by atoms with Gasteiger partial charge in [-0.05, 0) is 25.0 Å². The van der Waals surface area contributed by atoms with E-state index in [4.69, 9.17) is 4.74 Å². The lowest BCUT2D eigenvalue weighted by Gasteiger charge is -2.25. The zero-order valence-electron chi connectivity index (χ0n) is 11.2. The van der Waals surface area contributed by atoms with E-state index in [0.717, 1.165) is 23.4 Å². The molecule has 20 heavy (non-hydrogen) atoms. The number of rotatable bonds is 2. The second kappa shape index (κ2) is 5.28. The Hall–Kier alpha value is -2.43. The highest BCUT2D eigenvalue weighted by atomic mass is 16.5. The van der Waals surface area contributed by atoms with Crippen LogP contribution >= 0.6 is 0 Å². The molecule has 5 heteroatoms. The van der Waals surface area contributed by atoms with Gasteiger partial charge in [0.25, 0.3) is 5.91 Å². The van der Waals surface area contributed by atoms with E-state index in [0.29, 0.717) is 12.3 Å². The van der Waals surface area contributed by atoms with E-state index >= 15 is 0 Å². The van der Waals surface area contributed by atoms with Crippen molar-refractivity contribution >= 4 is 5.91 Å². The quantitative estimate of drug-likeness (QED) is 0.897. The summed E-state index contributed by atoms with van der Waals surface area (Å²) >= 11 is 0. The van der Waals surface area contributed by atoms with Gasteiger partial charge >= 0.3 is 0 Å². The van der Waals surface area contributed by atoms with Gasteiger partial charge in [0.15, 0.2) is 0 Å². The summed E-state index contributed by atoms with van der Waals surface area (Å²) in [6, 6.07) is 7.83. The first-order valence-electron chi connectivity index (χ1n) is 6.52. The van der Waals surface area contributed by atoms with Crippen LogP contribution in [0, 0.1) is 6.92 Å². The largest absolute Gasteiger partial charge is 0.491 e. The molecule has 5 nitrogen and oxygen atoms in total. The molecule has 2 aromatic rings. The van der Waals surface area contributed by atoms with Crippen molar-refractivity contribution in [2.45, 2.75) is 19.4 Å². The van der Waals surface area contributed by atoms with Crippen LogP contribution in [0.4, 0.5) is 0 Å². The highest BCUT2D eigenvalue weighted by Crippen LogP contribution is 2.23. The Labute approximate surface area is 117 Å². The lowest BCUT2D eigenvalue weighted by molar-refractivity contribution is 0.0910. The Morgan fingerprint density at radius 2 is 2.15 bits per heavy atom. The van der Waals surface area contributed by atoms with Gasteiger partial charge in [-0.15, -0.1) is 0 Å². The summed E-state index contributed by atoms with van der Waals surface area (Å²) < 4.78 is 5.64. The number of nitrogens with one attached hydrogen (secondary N) is 1. The van der Waals surface area contributed by atoms with Crippen molar-refractivity contribution in [1.29, 1.82) is 0 Å². The molecule has 0 saturated heterocycles. The molecule has 0 bridgehead atoms. The van der Waals surface area contributed by atoms with Gasteiger partial charge in [0, 0.05) is 6.20 Å². The fraction of sp³-hybridized carbons (Fsp3) is 0.267. The van der Waals surface area contributed by atoms with Crippen LogP contribution in [-0.2, 0) is 6.42 Å². The summed E-state index contributed by atoms with van der Waals surface area (Å²) in [5, 5.41) is 2.93. The minimum Gasteiger partial charge on any atom is -0.491 e. The van der Waals surface area contributed by atoms with Crippen molar-refractivity contribution in [3.05, 3.63) is 53.6 Å². The maximum atomic E-state index is 12.1. The molecule has 0 aliphatic carbocycles. The van der Waals surface area contributed by atoms with Gasteiger partial charge < -0.3 is 10.1 Å². The number of ether oxygens (including phenoxy) is 1. The monoisotopic (exact) mass is 269 g/mol. The van der Waals surface area contributed by atoms with Crippen LogP contribution in [0.5, 0.6) is 5.75 Å². The van der Waals surface area contributed by atoms with Crippen molar-refractivity contribution in [1.82, 2.24) is 15.3 Å². The fourth-order valence-electron chi connectivity index (χ4n) is 2.19.